The number of amides is 1. The predicted octanol–water partition coefficient (Wildman–Crippen LogP) is 4.03. The van der Waals surface area contributed by atoms with E-state index in [0.29, 0.717) is 30.8 Å². The maximum absolute atomic E-state index is 13.2. The van der Waals surface area contributed by atoms with Gasteiger partial charge in [0.2, 0.25) is 15.9 Å². The van der Waals surface area contributed by atoms with Crippen LogP contribution >= 0.6 is 0 Å². The molecule has 1 aliphatic carbocycles. The summed E-state index contributed by atoms with van der Waals surface area (Å²) >= 11 is 0. The van der Waals surface area contributed by atoms with Gasteiger partial charge in [0.25, 0.3) is 0 Å². The molecule has 2 aromatic carbocycles. The Bertz CT molecular complexity index is 1280. The third-order valence-electron chi connectivity index (χ3n) is 7.34. The monoisotopic (exact) mass is 492 g/mol. The van der Waals surface area contributed by atoms with Gasteiger partial charge in [0.15, 0.2) is 0 Å². The van der Waals surface area contributed by atoms with E-state index < -0.39 is 10.0 Å². The van der Waals surface area contributed by atoms with Gasteiger partial charge in [-0.2, -0.15) is 4.31 Å². The molecule has 0 saturated carbocycles. The number of carbonyl (C=O) groups is 1. The maximum atomic E-state index is 13.2. The van der Waals surface area contributed by atoms with Crippen LogP contribution in [0.3, 0.4) is 0 Å². The number of hydrogen-bond acceptors (Lipinski definition) is 4. The molecular formula is C27H32N4O3S. The van der Waals surface area contributed by atoms with Gasteiger partial charge in [0.1, 0.15) is 0 Å². The average Bonchev–Trinajstić information content (AvgIpc) is 3.43. The number of nitrogens with one attached hydrogen (secondary N) is 1. The first-order chi connectivity index (χ1) is 16.9. The Labute approximate surface area is 207 Å². The molecule has 0 radical (unpaired) electrons. The van der Waals surface area contributed by atoms with Crippen molar-refractivity contribution < 1.29 is 13.2 Å². The van der Waals surface area contributed by atoms with E-state index in [1.165, 1.54) is 17.5 Å². The van der Waals surface area contributed by atoms with E-state index in [9.17, 15) is 13.2 Å². The van der Waals surface area contributed by atoms with Crippen molar-refractivity contribution in [1.29, 1.82) is 0 Å². The number of imidazole rings is 1. The minimum absolute atomic E-state index is 0.0120. The fourth-order valence-corrected chi connectivity index (χ4v) is 6.66. The van der Waals surface area contributed by atoms with Crippen LogP contribution < -0.4 is 5.32 Å². The highest BCUT2D eigenvalue weighted by molar-refractivity contribution is 7.89. The Balaban J connectivity index is 1.17. The summed E-state index contributed by atoms with van der Waals surface area (Å²) in [7, 11) is -3.54. The summed E-state index contributed by atoms with van der Waals surface area (Å²) in [5, 5.41) is 3.11. The minimum atomic E-state index is -3.54. The number of aromatic nitrogens is 2. The molecule has 0 spiro atoms. The normalized spacial score (nSPS) is 18.1. The second kappa shape index (κ2) is 9.95. The van der Waals surface area contributed by atoms with Gasteiger partial charge in [0, 0.05) is 37.1 Å². The number of aryl methyl sites for hydroxylation is 2. The molecule has 7 nitrogen and oxygen atoms in total. The van der Waals surface area contributed by atoms with Crippen LogP contribution in [0.5, 0.6) is 0 Å². The van der Waals surface area contributed by atoms with E-state index in [0.717, 1.165) is 30.5 Å². The molecule has 1 fully saturated rings. The lowest BCUT2D eigenvalue weighted by atomic mass is 9.92. The average molecular weight is 493 g/mol. The van der Waals surface area contributed by atoms with Gasteiger partial charge >= 0.3 is 0 Å². The van der Waals surface area contributed by atoms with Gasteiger partial charge in [0.05, 0.1) is 17.3 Å². The van der Waals surface area contributed by atoms with Crippen molar-refractivity contribution in [2.45, 2.75) is 56.4 Å². The summed E-state index contributed by atoms with van der Waals surface area (Å²) in [6.07, 6.45) is 10.7. The molecule has 1 aromatic heterocycles. The molecule has 8 heteroatoms. The molecule has 184 valence electrons. The molecule has 5 rings (SSSR count). The first kappa shape index (κ1) is 23.8. The first-order valence-electron chi connectivity index (χ1n) is 12.4. The Hall–Kier alpha value is -2.97. The standard InChI is InChI=1S/C27H32N4O3S/c1-20(21-6-9-25(10-7-21)30-17-14-28-19-30)29-27(32)23-12-15-31(16-13-23)35(33,34)26-11-8-22-4-2-3-5-24(22)18-26/h6-11,14,17-20,23H,2-5,12-13,15-16H2,1H3,(H,29,32)/t20-/m0/s1. The zero-order valence-corrected chi connectivity index (χ0v) is 20.9. The second-order valence-corrected chi connectivity index (χ2v) is 11.5. The van der Waals surface area contributed by atoms with Crippen molar-refractivity contribution in [3.63, 3.8) is 0 Å². The number of hydrogen-bond donors (Lipinski definition) is 1. The fourth-order valence-electron chi connectivity index (χ4n) is 5.14. The van der Waals surface area contributed by atoms with Crippen molar-refractivity contribution in [2.75, 3.05) is 13.1 Å². The Morgan fingerprint density at radius 2 is 1.74 bits per heavy atom. The van der Waals surface area contributed by atoms with Gasteiger partial charge in [-0.15, -0.1) is 0 Å². The van der Waals surface area contributed by atoms with E-state index in [-0.39, 0.29) is 17.9 Å². The Kier molecular flexibility index (Phi) is 6.75. The third-order valence-corrected chi connectivity index (χ3v) is 9.23. The largest absolute Gasteiger partial charge is 0.349 e. The van der Waals surface area contributed by atoms with Gasteiger partial charge in [-0.05, 0) is 86.4 Å². The van der Waals surface area contributed by atoms with Crippen LogP contribution in [-0.4, -0.2) is 41.3 Å². The molecule has 1 amide bonds. The number of nitrogens with zero attached hydrogens (tertiary/aromatic N) is 3. The summed E-state index contributed by atoms with van der Waals surface area (Å²) in [6.45, 7) is 2.71. The summed E-state index contributed by atoms with van der Waals surface area (Å²) in [6, 6.07) is 13.5. The number of rotatable bonds is 6. The van der Waals surface area contributed by atoms with Crippen molar-refractivity contribution in [2.24, 2.45) is 5.92 Å². The van der Waals surface area contributed by atoms with Crippen LogP contribution in [0, 0.1) is 5.92 Å². The Morgan fingerprint density at radius 3 is 2.43 bits per heavy atom. The predicted molar refractivity (Wildman–Crippen MR) is 135 cm³/mol. The molecule has 3 aromatic rings. The smallest absolute Gasteiger partial charge is 0.243 e. The number of piperidine rings is 1. The highest BCUT2D eigenvalue weighted by Gasteiger charge is 2.33. The van der Waals surface area contributed by atoms with E-state index in [1.54, 1.807) is 22.9 Å². The molecule has 1 atom stereocenters. The van der Waals surface area contributed by atoms with Crippen molar-refractivity contribution in [3.05, 3.63) is 77.9 Å². The summed E-state index contributed by atoms with van der Waals surface area (Å²) in [5.74, 6) is -0.195. The van der Waals surface area contributed by atoms with Crippen molar-refractivity contribution in [3.8, 4) is 5.69 Å². The Morgan fingerprint density at radius 1 is 1.03 bits per heavy atom. The molecule has 1 aliphatic heterocycles. The van der Waals surface area contributed by atoms with Crippen LogP contribution in [0.4, 0.5) is 0 Å². The maximum Gasteiger partial charge on any atom is 0.243 e. The molecule has 2 heterocycles. The SMILES string of the molecule is C[C@H](NC(=O)C1CCN(S(=O)(=O)c2ccc3c(c2)CCCC3)CC1)c1ccc(-n2ccnc2)cc1. The lowest BCUT2D eigenvalue weighted by Gasteiger charge is -2.31. The second-order valence-electron chi connectivity index (χ2n) is 9.61. The van der Waals surface area contributed by atoms with E-state index in [1.807, 2.05) is 54.1 Å². The van der Waals surface area contributed by atoms with Crippen molar-refractivity contribution in [1.82, 2.24) is 19.2 Å². The molecule has 2 aliphatic rings. The highest BCUT2D eigenvalue weighted by Crippen LogP contribution is 2.28. The summed E-state index contributed by atoms with van der Waals surface area (Å²) in [5.41, 5.74) is 4.47. The van der Waals surface area contributed by atoms with E-state index >= 15 is 0 Å². The lowest BCUT2D eigenvalue weighted by Crippen LogP contribution is -2.43. The summed E-state index contributed by atoms with van der Waals surface area (Å²) < 4.78 is 30.0. The van der Waals surface area contributed by atoms with Crippen LogP contribution in [0.25, 0.3) is 5.69 Å². The van der Waals surface area contributed by atoms with Crippen LogP contribution in [0.2, 0.25) is 0 Å². The highest BCUT2D eigenvalue weighted by atomic mass is 32.2. The number of sulfonamides is 1. The van der Waals surface area contributed by atoms with Gasteiger partial charge in [-0.25, -0.2) is 13.4 Å². The third kappa shape index (κ3) is 5.04. The van der Waals surface area contributed by atoms with Crippen LogP contribution in [0.15, 0.2) is 66.1 Å². The van der Waals surface area contributed by atoms with Crippen LogP contribution in [-0.2, 0) is 27.7 Å². The molecule has 1 N–H and O–H groups in total. The zero-order valence-electron chi connectivity index (χ0n) is 20.1. The molecular weight excluding hydrogens is 460 g/mol. The van der Waals surface area contributed by atoms with Gasteiger partial charge < -0.3 is 9.88 Å². The fraction of sp³-hybridized carbons (Fsp3) is 0.407. The molecule has 0 bridgehead atoms. The van der Waals surface area contributed by atoms with Gasteiger partial charge in [-0.3, -0.25) is 4.79 Å². The number of carbonyl (C=O) groups excluding carboxylic acids is 1. The molecule has 1 saturated heterocycles. The van der Waals surface area contributed by atoms with E-state index in [2.05, 4.69) is 10.3 Å². The number of benzene rings is 2. The number of fused-ring (bicyclic) bond motifs is 1. The molecule has 35 heavy (non-hydrogen) atoms. The first-order valence-corrected chi connectivity index (χ1v) is 13.9. The minimum Gasteiger partial charge on any atom is -0.349 e. The zero-order chi connectivity index (χ0) is 24.4. The van der Waals surface area contributed by atoms with E-state index in [4.69, 9.17) is 0 Å². The van der Waals surface area contributed by atoms with Crippen LogP contribution in [0.1, 0.15) is 55.3 Å². The summed E-state index contributed by atoms with van der Waals surface area (Å²) in [4.78, 5) is 17.4. The molecule has 0 unspecified atom stereocenters. The van der Waals surface area contributed by atoms with Crippen molar-refractivity contribution >= 4 is 15.9 Å². The van der Waals surface area contributed by atoms with Gasteiger partial charge in [-0.1, -0.05) is 18.2 Å². The topological polar surface area (TPSA) is 84.3 Å². The quantitative estimate of drug-likeness (QED) is 0.563. The lowest BCUT2D eigenvalue weighted by molar-refractivity contribution is -0.126.